The van der Waals surface area contributed by atoms with Crippen molar-refractivity contribution < 1.29 is 8.81 Å². The monoisotopic (exact) mass is 192 g/mol. The second kappa shape index (κ2) is 3.21. The highest BCUT2D eigenvalue weighted by molar-refractivity contribution is 5.54. The van der Waals surface area contributed by atoms with E-state index in [-0.39, 0.29) is 11.7 Å². The first kappa shape index (κ1) is 8.87. The van der Waals surface area contributed by atoms with Gasteiger partial charge in [0.05, 0.1) is 5.56 Å². The van der Waals surface area contributed by atoms with Gasteiger partial charge in [0.2, 0.25) is 5.89 Å². The van der Waals surface area contributed by atoms with Crippen LogP contribution in [-0.4, -0.2) is 10.2 Å². The quantitative estimate of drug-likeness (QED) is 0.696. The molecule has 2 aromatic rings. The van der Waals surface area contributed by atoms with E-state index in [4.69, 9.17) is 4.42 Å². The molecular weight excluding hydrogens is 183 g/mol. The highest BCUT2D eigenvalue weighted by Gasteiger charge is 2.11. The molecule has 0 saturated heterocycles. The second-order valence-corrected chi connectivity index (χ2v) is 3.11. The lowest BCUT2D eigenvalue weighted by molar-refractivity contribution is 0.526. The Morgan fingerprint density at radius 2 is 2.00 bits per heavy atom. The lowest BCUT2D eigenvalue weighted by Gasteiger charge is -1.98. The zero-order valence-electron chi connectivity index (χ0n) is 7.91. The van der Waals surface area contributed by atoms with Gasteiger partial charge in [0.15, 0.2) is 0 Å². The number of aromatic nitrogens is 2. The average molecular weight is 192 g/mol. The molecule has 0 atom stereocenters. The zero-order valence-corrected chi connectivity index (χ0v) is 7.91. The van der Waals surface area contributed by atoms with Gasteiger partial charge in [-0.05, 0) is 19.1 Å². The summed E-state index contributed by atoms with van der Waals surface area (Å²) in [6.07, 6.45) is 0. The van der Waals surface area contributed by atoms with Crippen molar-refractivity contribution in [3.05, 3.63) is 35.5 Å². The SMILES string of the molecule is Cc1ccc(F)c(-c2nnc(C)o2)c1. The Balaban J connectivity index is 2.55. The van der Waals surface area contributed by atoms with Gasteiger partial charge in [0.25, 0.3) is 5.89 Å². The Morgan fingerprint density at radius 1 is 1.21 bits per heavy atom. The van der Waals surface area contributed by atoms with Gasteiger partial charge in [-0.2, -0.15) is 0 Å². The molecule has 0 radical (unpaired) electrons. The van der Waals surface area contributed by atoms with E-state index >= 15 is 0 Å². The van der Waals surface area contributed by atoms with E-state index in [1.54, 1.807) is 19.1 Å². The molecule has 1 heterocycles. The molecule has 3 nitrogen and oxygen atoms in total. The van der Waals surface area contributed by atoms with Crippen LogP contribution < -0.4 is 0 Å². The summed E-state index contributed by atoms with van der Waals surface area (Å²) in [6.45, 7) is 3.55. The third-order valence-electron chi connectivity index (χ3n) is 1.88. The van der Waals surface area contributed by atoms with Crippen molar-refractivity contribution in [2.75, 3.05) is 0 Å². The molecule has 4 heteroatoms. The van der Waals surface area contributed by atoms with Gasteiger partial charge in [0, 0.05) is 6.92 Å². The summed E-state index contributed by atoms with van der Waals surface area (Å²) < 4.78 is 18.5. The Kier molecular flexibility index (Phi) is 2.04. The first-order valence-corrected chi connectivity index (χ1v) is 4.23. The number of hydrogen-bond acceptors (Lipinski definition) is 3. The Hall–Kier alpha value is -1.71. The first-order chi connectivity index (χ1) is 6.66. The molecule has 2 rings (SSSR count). The summed E-state index contributed by atoms with van der Waals surface area (Å²) in [4.78, 5) is 0. The number of halogens is 1. The summed E-state index contributed by atoms with van der Waals surface area (Å²) in [6, 6.07) is 4.77. The molecule has 1 aromatic carbocycles. The fourth-order valence-corrected chi connectivity index (χ4v) is 1.21. The number of nitrogens with zero attached hydrogens (tertiary/aromatic N) is 2. The maximum absolute atomic E-state index is 13.3. The van der Waals surface area contributed by atoms with Gasteiger partial charge in [0.1, 0.15) is 5.82 Å². The predicted molar refractivity (Wildman–Crippen MR) is 49.2 cm³/mol. The molecule has 0 spiro atoms. The minimum absolute atomic E-state index is 0.226. The maximum atomic E-state index is 13.3. The standard InChI is InChI=1S/C10H9FN2O/c1-6-3-4-9(11)8(5-6)10-13-12-7(2)14-10/h3-5H,1-2H3. The lowest BCUT2D eigenvalue weighted by Crippen LogP contribution is -1.85. The molecular formula is C10H9FN2O. The van der Waals surface area contributed by atoms with Crippen LogP contribution in [0, 0.1) is 19.7 Å². The van der Waals surface area contributed by atoms with Crippen LogP contribution in [-0.2, 0) is 0 Å². The Labute approximate surface area is 80.6 Å². The molecule has 1 aromatic heterocycles. The van der Waals surface area contributed by atoms with Crippen LogP contribution in [0.2, 0.25) is 0 Å². The fraction of sp³-hybridized carbons (Fsp3) is 0.200. The van der Waals surface area contributed by atoms with E-state index in [2.05, 4.69) is 10.2 Å². The molecule has 0 aliphatic rings. The van der Waals surface area contributed by atoms with Gasteiger partial charge in [-0.1, -0.05) is 11.6 Å². The van der Waals surface area contributed by atoms with Gasteiger partial charge in [-0.15, -0.1) is 10.2 Å². The number of benzene rings is 1. The molecule has 0 aliphatic heterocycles. The molecule has 0 unspecified atom stereocenters. The van der Waals surface area contributed by atoms with Crippen LogP contribution in [0.3, 0.4) is 0 Å². The minimum atomic E-state index is -0.348. The van der Waals surface area contributed by atoms with Crippen LogP contribution in [0.5, 0.6) is 0 Å². The molecule has 0 N–H and O–H groups in total. The van der Waals surface area contributed by atoms with E-state index < -0.39 is 0 Å². The van der Waals surface area contributed by atoms with Crippen molar-refractivity contribution in [1.82, 2.24) is 10.2 Å². The van der Waals surface area contributed by atoms with Crippen LogP contribution in [0.4, 0.5) is 4.39 Å². The van der Waals surface area contributed by atoms with Crippen molar-refractivity contribution in [2.24, 2.45) is 0 Å². The Bertz CT molecular complexity index is 465. The van der Waals surface area contributed by atoms with Crippen molar-refractivity contribution in [3.8, 4) is 11.5 Å². The Morgan fingerprint density at radius 3 is 2.64 bits per heavy atom. The predicted octanol–water partition coefficient (Wildman–Crippen LogP) is 2.49. The van der Waals surface area contributed by atoms with Crippen LogP contribution in [0.1, 0.15) is 11.5 Å². The summed E-state index contributed by atoms with van der Waals surface area (Å²) in [5, 5.41) is 7.41. The van der Waals surface area contributed by atoms with Crippen molar-refractivity contribution >= 4 is 0 Å². The average Bonchev–Trinajstić information content (AvgIpc) is 2.56. The first-order valence-electron chi connectivity index (χ1n) is 4.23. The number of aryl methyl sites for hydroxylation is 2. The molecule has 14 heavy (non-hydrogen) atoms. The molecule has 0 aliphatic carbocycles. The largest absolute Gasteiger partial charge is 0.421 e. The topological polar surface area (TPSA) is 38.9 Å². The summed E-state index contributed by atoms with van der Waals surface area (Å²) in [5.74, 6) is 0.309. The number of hydrogen-bond donors (Lipinski definition) is 0. The van der Waals surface area contributed by atoms with E-state index in [1.165, 1.54) is 6.07 Å². The highest BCUT2D eigenvalue weighted by atomic mass is 19.1. The molecule has 72 valence electrons. The summed E-state index contributed by atoms with van der Waals surface area (Å²) in [7, 11) is 0. The van der Waals surface area contributed by atoms with E-state index in [1.807, 2.05) is 6.92 Å². The van der Waals surface area contributed by atoms with Crippen LogP contribution >= 0.6 is 0 Å². The van der Waals surface area contributed by atoms with Crippen molar-refractivity contribution in [3.63, 3.8) is 0 Å². The molecule has 0 bridgehead atoms. The van der Waals surface area contributed by atoms with E-state index in [0.29, 0.717) is 11.5 Å². The maximum Gasteiger partial charge on any atom is 0.250 e. The van der Waals surface area contributed by atoms with E-state index in [0.717, 1.165) is 5.56 Å². The lowest BCUT2D eigenvalue weighted by atomic mass is 10.1. The number of rotatable bonds is 1. The van der Waals surface area contributed by atoms with E-state index in [9.17, 15) is 4.39 Å². The summed E-state index contributed by atoms with van der Waals surface area (Å²) >= 11 is 0. The third-order valence-corrected chi connectivity index (χ3v) is 1.88. The minimum Gasteiger partial charge on any atom is -0.421 e. The van der Waals surface area contributed by atoms with Gasteiger partial charge in [-0.25, -0.2) is 4.39 Å². The second-order valence-electron chi connectivity index (χ2n) is 3.11. The summed E-state index contributed by atoms with van der Waals surface area (Å²) in [5.41, 5.74) is 1.31. The van der Waals surface area contributed by atoms with Gasteiger partial charge >= 0.3 is 0 Å². The molecule has 0 fully saturated rings. The smallest absolute Gasteiger partial charge is 0.250 e. The van der Waals surface area contributed by atoms with Gasteiger partial charge in [-0.3, -0.25) is 0 Å². The highest BCUT2D eigenvalue weighted by Crippen LogP contribution is 2.22. The zero-order chi connectivity index (χ0) is 10.1. The normalized spacial score (nSPS) is 10.5. The van der Waals surface area contributed by atoms with Crippen LogP contribution in [0.15, 0.2) is 22.6 Å². The molecule has 0 amide bonds. The third kappa shape index (κ3) is 1.51. The van der Waals surface area contributed by atoms with Crippen LogP contribution in [0.25, 0.3) is 11.5 Å². The van der Waals surface area contributed by atoms with Gasteiger partial charge < -0.3 is 4.42 Å². The fourth-order valence-electron chi connectivity index (χ4n) is 1.21. The molecule has 0 saturated carbocycles. The van der Waals surface area contributed by atoms with Crippen molar-refractivity contribution in [1.29, 1.82) is 0 Å². The van der Waals surface area contributed by atoms with Crippen molar-refractivity contribution in [2.45, 2.75) is 13.8 Å².